The number of nitrogens with zero attached hydrogens (tertiary/aromatic N) is 3. The second-order valence-corrected chi connectivity index (χ2v) is 5.26. The summed E-state index contributed by atoms with van der Waals surface area (Å²) in [5.41, 5.74) is 2.07. The largest absolute Gasteiger partial charge is 0.313 e. The second kappa shape index (κ2) is 7.12. The van der Waals surface area contributed by atoms with Crippen LogP contribution in [0.25, 0.3) is 0 Å². The normalized spacial score (nSPS) is 13.3. The van der Waals surface area contributed by atoms with Crippen LogP contribution >= 0.6 is 11.6 Å². The molecule has 1 atom stereocenters. The molecule has 4 nitrogen and oxygen atoms in total. The Labute approximate surface area is 115 Å². The lowest BCUT2D eigenvalue weighted by molar-refractivity contribution is 0.335. The molecule has 0 bridgehead atoms. The highest BCUT2D eigenvalue weighted by Crippen LogP contribution is 2.21. The van der Waals surface area contributed by atoms with Crippen molar-refractivity contribution in [2.75, 3.05) is 27.2 Å². The highest BCUT2D eigenvalue weighted by molar-refractivity contribution is 6.31. The number of nitrogens with one attached hydrogen (secondary N) is 1. The molecular formula is C13H25ClN4. The fourth-order valence-corrected chi connectivity index (χ4v) is 2.44. The van der Waals surface area contributed by atoms with E-state index in [1.54, 1.807) is 0 Å². The van der Waals surface area contributed by atoms with E-state index in [1.165, 1.54) is 0 Å². The number of halogens is 1. The van der Waals surface area contributed by atoms with Gasteiger partial charge in [-0.2, -0.15) is 5.10 Å². The van der Waals surface area contributed by atoms with Crippen molar-refractivity contribution in [1.82, 2.24) is 20.0 Å². The lowest BCUT2D eigenvalue weighted by atomic mass is 10.1. The van der Waals surface area contributed by atoms with Crippen LogP contribution in [-0.2, 0) is 13.0 Å². The first-order chi connectivity index (χ1) is 8.49. The van der Waals surface area contributed by atoms with Crippen molar-refractivity contribution < 1.29 is 0 Å². The Morgan fingerprint density at radius 1 is 1.39 bits per heavy atom. The number of hydrogen-bond donors (Lipinski definition) is 1. The summed E-state index contributed by atoms with van der Waals surface area (Å²) in [6.07, 6.45) is 0.916. The first-order valence-electron chi connectivity index (χ1n) is 6.59. The molecule has 0 saturated heterocycles. The van der Waals surface area contributed by atoms with Crippen molar-refractivity contribution in [1.29, 1.82) is 0 Å². The molecule has 0 saturated carbocycles. The SMILES string of the molecule is CCNC(Cc1c(Cl)c(C)nn1CC)CN(C)C. The van der Waals surface area contributed by atoms with Crippen molar-refractivity contribution >= 4 is 11.6 Å². The maximum absolute atomic E-state index is 6.35. The van der Waals surface area contributed by atoms with Gasteiger partial charge < -0.3 is 10.2 Å². The van der Waals surface area contributed by atoms with Crippen LogP contribution in [0, 0.1) is 6.92 Å². The average molecular weight is 273 g/mol. The first kappa shape index (κ1) is 15.5. The summed E-state index contributed by atoms with van der Waals surface area (Å²) in [5, 5.41) is 8.79. The minimum Gasteiger partial charge on any atom is -0.313 e. The van der Waals surface area contributed by atoms with Crippen LogP contribution in [0.1, 0.15) is 25.2 Å². The van der Waals surface area contributed by atoms with Crippen LogP contribution in [0.4, 0.5) is 0 Å². The molecule has 104 valence electrons. The Bertz CT molecular complexity index is 373. The van der Waals surface area contributed by atoms with Gasteiger partial charge in [-0.25, -0.2) is 0 Å². The fraction of sp³-hybridized carbons (Fsp3) is 0.769. The van der Waals surface area contributed by atoms with Crippen molar-refractivity contribution in [2.45, 2.75) is 39.8 Å². The van der Waals surface area contributed by atoms with E-state index in [0.717, 1.165) is 42.5 Å². The molecule has 5 heteroatoms. The molecule has 0 aliphatic heterocycles. The Kier molecular flexibility index (Phi) is 6.12. The van der Waals surface area contributed by atoms with E-state index < -0.39 is 0 Å². The lowest BCUT2D eigenvalue weighted by Crippen LogP contribution is -2.40. The lowest BCUT2D eigenvalue weighted by Gasteiger charge is -2.22. The number of hydrogen-bond acceptors (Lipinski definition) is 3. The zero-order valence-corrected chi connectivity index (χ0v) is 12.9. The van der Waals surface area contributed by atoms with Crippen LogP contribution < -0.4 is 5.32 Å². The van der Waals surface area contributed by atoms with Gasteiger partial charge in [0.2, 0.25) is 0 Å². The Morgan fingerprint density at radius 3 is 2.56 bits per heavy atom. The summed E-state index contributed by atoms with van der Waals surface area (Å²) in [7, 11) is 4.18. The quantitative estimate of drug-likeness (QED) is 0.824. The van der Waals surface area contributed by atoms with Crippen LogP contribution in [0.5, 0.6) is 0 Å². The van der Waals surface area contributed by atoms with Gasteiger partial charge in [-0.3, -0.25) is 4.68 Å². The van der Waals surface area contributed by atoms with Gasteiger partial charge in [-0.05, 0) is 34.5 Å². The summed E-state index contributed by atoms with van der Waals surface area (Å²) in [4.78, 5) is 2.20. The van der Waals surface area contributed by atoms with Crippen molar-refractivity contribution in [3.05, 3.63) is 16.4 Å². The molecule has 1 N–H and O–H groups in total. The average Bonchev–Trinajstić information content (AvgIpc) is 2.56. The number of rotatable bonds is 7. The van der Waals surface area contributed by atoms with E-state index in [1.807, 2.05) is 11.6 Å². The molecule has 1 heterocycles. The molecule has 1 aromatic heterocycles. The molecular weight excluding hydrogens is 248 g/mol. The van der Waals surface area contributed by atoms with Crippen molar-refractivity contribution in [2.24, 2.45) is 0 Å². The maximum atomic E-state index is 6.35. The zero-order valence-electron chi connectivity index (χ0n) is 12.1. The number of aromatic nitrogens is 2. The van der Waals surface area contributed by atoms with E-state index in [4.69, 9.17) is 11.6 Å². The van der Waals surface area contributed by atoms with Crippen LogP contribution in [-0.4, -0.2) is 47.9 Å². The molecule has 18 heavy (non-hydrogen) atoms. The molecule has 0 aliphatic carbocycles. The minimum atomic E-state index is 0.406. The van der Waals surface area contributed by atoms with Gasteiger partial charge in [-0.15, -0.1) is 0 Å². The third-order valence-electron chi connectivity index (χ3n) is 2.97. The summed E-state index contributed by atoms with van der Waals surface area (Å²) in [6, 6.07) is 0.406. The van der Waals surface area contributed by atoms with Crippen molar-refractivity contribution in [3.63, 3.8) is 0 Å². The van der Waals surface area contributed by atoms with Gasteiger partial charge in [-0.1, -0.05) is 18.5 Å². The van der Waals surface area contributed by atoms with E-state index >= 15 is 0 Å². The van der Waals surface area contributed by atoms with Gasteiger partial charge in [0.05, 0.1) is 16.4 Å². The molecule has 0 radical (unpaired) electrons. The third kappa shape index (κ3) is 3.97. The first-order valence-corrected chi connectivity index (χ1v) is 6.97. The van der Waals surface area contributed by atoms with Gasteiger partial charge in [0.25, 0.3) is 0 Å². The zero-order chi connectivity index (χ0) is 13.7. The molecule has 0 spiro atoms. The van der Waals surface area contributed by atoms with Gasteiger partial charge >= 0.3 is 0 Å². The van der Waals surface area contributed by atoms with Gasteiger partial charge in [0, 0.05) is 25.6 Å². The number of aryl methyl sites for hydroxylation is 2. The maximum Gasteiger partial charge on any atom is 0.0847 e. The molecule has 1 aromatic rings. The molecule has 1 unspecified atom stereocenters. The van der Waals surface area contributed by atoms with Crippen molar-refractivity contribution in [3.8, 4) is 0 Å². The topological polar surface area (TPSA) is 33.1 Å². The molecule has 0 amide bonds. The van der Waals surface area contributed by atoms with E-state index in [2.05, 4.69) is 43.3 Å². The minimum absolute atomic E-state index is 0.406. The second-order valence-electron chi connectivity index (χ2n) is 4.88. The van der Waals surface area contributed by atoms with Gasteiger partial charge in [0.15, 0.2) is 0 Å². The predicted molar refractivity (Wildman–Crippen MR) is 77.4 cm³/mol. The Balaban J connectivity index is 2.85. The number of likely N-dealkylation sites (N-methyl/N-ethyl adjacent to an activating group) is 2. The third-order valence-corrected chi connectivity index (χ3v) is 3.46. The highest BCUT2D eigenvalue weighted by Gasteiger charge is 2.17. The smallest absolute Gasteiger partial charge is 0.0847 e. The molecule has 1 rings (SSSR count). The van der Waals surface area contributed by atoms with E-state index in [9.17, 15) is 0 Å². The summed E-state index contributed by atoms with van der Waals surface area (Å²) < 4.78 is 2.01. The van der Waals surface area contributed by atoms with E-state index in [0.29, 0.717) is 6.04 Å². The van der Waals surface area contributed by atoms with Crippen LogP contribution in [0.3, 0.4) is 0 Å². The molecule has 0 fully saturated rings. The molecule has 0 aliphatic rings. The van der Waals surface area contributed by atoms with Crippen LogP contribution in [0.2, 0.25) is 5.02 Å². The predicted octanol–water partition coefficient (Wildman–Crippen LogP) is 1.95. The standard InChI is InChI=1S/C13H25ClN4/c1-6-15-11(9-17(4)5)8-12-13(14)10(3)16-18(12)7-2/h11,15H,6-9H2,1-5H3. The highest BCUT2D eigenvalue weighted by atomic mass is 35.5. The Hall–Kier alpha value is -0.580. The monoisotopic (exact) mass is 272 g/mol. The summed E-state index contributed by atoms with van der Waals surface area (Å²) in [5.74, 6) is 0. The summed E-state index contributed by atoms with van der Waals surface area (Å²) >= 11 is 6.35. The molecule has 0 aromatic carbocycles. The Morgan fingerprint density at radius 2 is 2.06 bits per heavy atom. The fourth-order valence-electron chi connectivity index (χ4n) is 2.23. The van der Waals surface area contributed by atoms with E-state index in [-0.39, 0.29) is 0 Å². The van der Waals surface area contributed by atoms with Crippen LogP contribution in [0.15, 0.2) is 0 Å². The van der Waals surface area contributed by atoms with Gasteiger partial charge in [0.1, 0.15) is 0 Å². The summed E-state index contributed by atoms with van der Waals surface area (Å²) in [6.45, 7) is 9.02.